The SMILES string of the molecule is Cc1noc(C(C)C)c1C(=O)N[C@@H]1CC[C@H](C(=O)O)C1. The van der Waals surface area contributed by atoms with Gasteiger partial charge in [0.2, 0.25) is 0 Å². The van der Waals surface area contributed by atoms with E-state index in [0.717, 1.165) is 0 Å². The summed E-state index contributed by atoms with van der Waals surface area (Å²) in [6.07, 6.45) is 1.80. The van der Waals surface area contributed by atoms with Crippen LogP contribution in [-0.2, 0) is 4.79 Å². The molecule has 110 valence electrons. The molecule has 20 heavy (non-hydrogen) atoms. The number of carbonyl (C=O) groups excluding carboxylic acids is 1. The van der Waals surface area contributed by atoms with Crippen LogP contribution in [0.5, 0.6) is 0 Å². The minimum atomic E-state index is -0.786. The van der Waals surface area contributed by atoms with Crippen molar-refractivity contribution in [1.29, 1.82) is 0 Å². The number of nitrogens with one attached hydrogen (secondary N) is 1. The second-order valence-corrected chi connectivity index (χ2v) is 5.68. The van der Waals surface area contributed by atoms with Crippen molar-refractivity contribution in [3.05, 3.63) is 17.0 Å². The van der Waals surface area contributed by atoms with Crippen molar-refractivity contribution < 1.29 is 19.2 Å². The van der Waals surface area contributed by atoms with Crippen LogP contribution < -0.4 is 5.32 Å². The molecule has 1 aromatic rings. The minimum absolute atomic E-state index is 0.0762. The van der Waals surface area contributed by atoms with E-state index in [-0.39, 0.29) is 23.8 Å². The highest BCUT2D eigenvalue weighted by molar-refractivity contribution is 5.96. The quantitative estimate of drug-likeness (QED) is 0.881. The molecule has 1 aliphatic rings. The molecule has 0 bridgehead atoms. The van der Waals surface area contributed by atoms with E-state index in [1.54, 1.807) is 6.92 Å². The Hall–Kier alpha value is -1.85. The van der Waals surface area contributed by atoms with Crippen LogP contribution in [0, 0.1) is 12.8 Å². The van der Waals surface area contributed by atoms with Gasteiger partial charge in [0, 0.05) is 12.0 Å². The standard InChI is InChI=1S/C14H20N2O4/c1-7(2)12-11(8(3)16-20-12)13(17)15-10-5-4-9(6-10)14(18)19/h7,9-10H,4-6H2,1-3H3,(H,15,17)(H,18,19)/t9-,10+/m0/s1. The topological polar surface area (TPSA) is 92.4 Å². The lowest BCUT2D eigenvalue weighted by Crippen LogP contribution is -2.34. The second kappa shape index (κ2) is 5.64. The molecule has 1 aromatic heterocycles. The van der Waals surface area contributed by atoms with Gasteiger partial charge < -0.3 is 14.9 Å². The number of amides is 1. The molecular formula is C14H20N2O4. The Bertz CT molecular complexity index is 521. The van der Waals surface area contributed by atoms with Gasteiger partial charge in [-0.05, 0) is 26.2 Å². The number of aliphatic carboxylic acids is 1. The molecule has 0 saturated heterocycles. The fraction of sp³-hybridized carbons (Fsp3) is 0.643. The summed E-state index contributed by atoms with van der Waals surface area (Å²) in [7, 11) is 0. The summed E-state index contributed by atoms with van der Waals surface area (Å²) in [5, 5.41) is 15.7. The monoisotopic (exact) mass is 280 g/mol. The Morgan fingerprint density at radius 2 is 2.10 bits per heavy atom. The third kappa shape index (κ3) is 2.84. The Labute approximate surface area is 117 Å². The number of nitrogens with zero attached hydrogens (tertiary/aromatic N) is 1. The number of carboxylic acids is 1. The molecule has 0 radical (unpaired) electrons. The molecule has 6 nitrogen and oxygen atoms in total. The van der Waals surface area contributed by atoms with Gasteiger partial charge in [-0.25, -0.2) is 0 Å². The van der Waals surface area contributed by atoms with Crippen molar-refractivity contribution in [3.8, 4) is 0 Å². The fourth-order valence-electron chi connectivity index (χ4n) is 2.65. The zero-order valence-corrected chi connectivity index (χ0v) is 12.0. The van der Waals surface area contributed by atoms with Crippen LogP contribution in [-0.4, -0.2) is 28.2 Å². The molecule has 1 amide bonds. The van der Waals surface area contributed by atoms with Gasteiger partial charge >= 0.3 is 5.97 Å². The van der Waals surface area contributed by atoms with Crippen LogP contribution in [0.25, 0.3) is 0 Å². The lowest BCUT2D eigenvalue weighted by molar-refractivity contribution is -0.141. The van der Waals surface area contributed by atoms with Gasteiger partial charge in [0.1, 0.15) is 5.56 Å². The van der Waals surface area contributed by atoms with E-state index in [9.17, 15) is 9.59 Å². The van der Waals surface area contributed by atoms with E-state index in [2.05, 4.69) is 10.5 Å². The number of hydrogen-bond acceptors (Lipinski definition) is 4. The highest BCUT2D eigenvalue weighted by Gasteiger charge is 2.32. The first-order valence-corrected chi connectivity index (χ1v) is 6.90. The van der Waals surface area contributed by atoms with Crippen molar-refractivity contribution in [2.75, 3.05) is 0 Å². The van der Waals surface area contributed by atoms with E-state index in [1.165, 1.54) is 0 Å². The molecule has 1 saturated carbocycles. The Kier molecular flexibility index (Phi) is 4.11. The maximum absolute atomic E-state index is 12.3. The summed E-state index contributed by atoms with van der Waals surface area (Å²) >= 11 is 0. The highest BCUT2D eigenvalue weighted by atomic mass is 16.5. The molecule has 0 unspecified atom stereocenters. The largest absolute Gasteiger partial charge is 0.481 e. The Balaban J connectivity index is 2.06. The first kappa shape index (κ1) is 14.6. The minimum Gasteiger partial charge on any atom is -0.481 e. The van der Waals surface area contributed by atoms with E-state index < -0.39 is 5.97 Å². The Morgan fingerprint density at radius 3 is 2.65 bits per heavy atom. The summed E-state index contributed by atoms with van der Waals surface area (Å²) < 4.78 is 5.20. The van der Waals surface area contributed by atoms with E-state index >= 15 is 0 Å². The molecule has 2 N–H and O–H groups in total. The first-order valence-electron chi connectivity index (χ1n) is 6.90. The molecule has 6 heteroatoms. The van der Waals surface area contributed by atoms with E-state index in [0.29, 0.717) is 36.3 Å². The third-order valence-corrected chi connectivity index (χ3v) is 3.76. The van der Waals surface area contributed by atoms with Crippen molar-refractivity contribution in [3.63, 3.8) is 0 Å². The zero-order valence-electron chi connectivity index (χ0n) is 12.0. The number of aryl methyl sites for hydroxylation is 1. The van der Waals surface area contributed by atoms with Gasteiger partial charge in [0.25, 0.3) is 5.91 Å². The van der Waals surface area contributed by atoms with Crippen molar-refractivity contribution in [2.24, 2.45) is 5.92 Å². The third-order valence-electron chi connectivity index (χ3n) is 3.76. The Morgan fingerprint density at radius 1 is 1.40 bits per heavy atom. The van der Waals surface area contributed by atoms with Gasteiger partial charge in [-0.1, -0.05) is 19.0 Å². The number of aromatic nitrogens is 1. The molecule has 1 fully saturated rings. The van der Waals surface area contributed by atoms with Crippen LogP contribution >= 0.6 is 0 Å². The molecule has 2 atom stereocenters. The lowest BCUT2D eigenvalue weighted by atomic mass is 10.0. The van der Waals surface area contributed by atoms with Crippen LogP contribution in [0.15, 0.2) is 4.52 Å². The van der Waals surface area contributed by atoms with Gasteiger partial charge in [-0.3, -0.25) is 9.59 Å². The van der Waals surface area contributed by atoms with Gasteiger partial charge in [0.15, 0.2) is 5.76 Å². The number of carbonyl (C=O) groups is 2. The van der Waals surface area contributed by atoms with Crippen molar-refractivity contribution >= 4 is 11.9 Å². The predicted octanol–water partition coefficient (Wildman–Crippen LogP) is 2.09. The molecule has 2 rings (SSSR count). The molecule has 0 aromatic carbocycles. The van der Waals surface area contributed by atoms with Crippen LogP contribution in [0.4, 0.5) is 0 Å². The first-order chi connectivity index (χ1) is 9.40. The lowest BCUT2D eigenvalue weighted by Gasteiger charge is -2.13. The molecule has 0 spiro atoms. The van der Waals surface area contributed by atoms with Crippen LogP contribution in [0.2, 0.25) is 0 Å². The van der Waals surface area contributed by atoms with Crippen LogP contribution in [0.1, 0.15) is 60.8 Å². The average Bonchev–Trinajstić information content (AvgIpc) is 2.95. The number of hydrogen-bond donors (Lipinski definition) is 2. The summed E-state index contributed by atoms with van der Waals surface area (Å²) in [6.45, 7) is 5.61. The maximum atomic E-state index is 12.3. The fourth-order valence-corrected chi connectivity index (χ4v) is 2.65. The molecule has 0 aliphatic heterocycles. The predicted molar refractivity (Wildman–Crippen MR) is 71.6 cm³/mol. The average molecular weight is 280 g/mol. The summed E-state index contributed by atoms with van der Waals surface area (Å²) in [6, 6.07) is -0.0853. The number of rotatable bonds is 4. The van der Waals surface area contributed by atoms with Gasteiger partial charge in [-0.15, -0.1) is 0 Å². The van der Waals surface area contributed by atoms with E-state index in [4.69, 9.17) is 9.63 Å². The molecule has 1 heterocycles. The summed E-state index contributed by atoms with van der Waals surface area (Å²) in [5.74, 6) is -0.706. The number of carboxylic acid groups (broad SMARTS) is 1. The van der Waals surface area contributed by atoms with Gasteiger partial charge in [-0.2, -0.15) is 0 Å². The van der Waals surface area contributed by atoms with Crippen LogP contribution in [0.3, 0.4) is 0 Å². The normalized spacial score (nSPS) is 22.2. The highest BCUT2D eigenvalue weighted by Crippen LogP contribution is 2.27. The van der Waals surface area contributed by atoms with Crippen molar-refractivity contribution in [2.45, 2.75) is 52.0 Å². The van der Waals surface area contributed by atoms with E-state index in [1.807, 2.05) is 13.8 Å². The van der Waals surface area contributed by atoms with Gasteiger partial charge in [0.05, 0.1) is 11.6 Å². The summed E-state index contributed by atoms with van der Waals surface area (Å²) in [4.78, 5) is 23.2. The second-order valence-electron chi connectivity index (χ2n) is 5.68. The molecular weight excluding hydrogens is 260 g/mol. The summed E-state index contributed by atoms with van der Waals surface area (Å²) in [5.41, 5.74) is 1.05. The van der Waals surface area contributed by atoms with Crippen molar-refractivity contribution in [1.82, 2.24) is 10.5 Å². The smallest absolute Gasteiger partial charge is 0.306 e. The molecule has 1 aliphatic carbocycles. The maximum Gasteiger partial charge on any atom is 0.306 e. The zero-order chi connectivity index (χ0) is 14.9.